The summed E-state index contributed by atoms with van der Waals surface area (Å²) >= 11 is 0. The molecule has 0 saturated heterocycles. The number of rotatable bonds is 8. The predicted octanol–water partition coefficient (Wildman–Crippen LogP) is 3.89. The van der Waals surface area contributed by atoms with Crippen LogP contribution in [0.2, 0.25) is 0 Å². The lowest BCUT2D eigenvalue weighted by Gasteiger charge is -2.07. The van der Waals surface area contributed by atoms with Crippen molar-refractivity contribution in [1.82, 2.24) is 9.78 Å². The summed E-state index contributed by atoms with van der Waals surface area (Å²) in [5, 5.41) is 33.7. The fraction of sp³-hybridized carbons (Fsp3) is 0.200. The van der Waals surface area contributed by atoms with Crippen molar-refractivity contribution >= 4 is 23.7 Å². The maximum Gasteiger partial charge on any atom is 0.169 e. The molecule has 3 aromatic rings. The summed E-state index contributed by atoms with van der Waals surface area (Å²) in [4.78, 5) is 4.46. The molecule has 0 aliphatic rings. The minimum atomic E-state index is -0.200. The van der Waals surface area contributed by atoms with Gasteiger partial charge in [0.2, 0.25) is 0 Å². The van der Waals surface area contributed by atoms with Crippen molar-refractivity contribution in [1.29, 1.82) is 10.5 Å². The van der Waals surface area contributed by atoms with E-state index in [-0.39, 0.29) is 35.8 Å². The molecule has 2 aromatic carbocycles. The van der Waals surface area contributed by atoms with Gasteiger partial charge in [0.25, 0.3) is 0 Å². The van der Waals surface area contributed by atoms with Crippen LogP contribution in [0.25, 0.3) is 11.6 Å². The molecule has 8 nitrogen and oxygen atoms in total. The van der Waals surface area contributed by atoms with Crippen LogP contribution in [0.1, 0.15) is 27.9 Å². The van der Waals surface area contributed by atoms with Crippen LogP contribution in [0.4, 0.5) is 5.82 Å². The Morgan fingerprint density at radius 2 is 1.91 bits per heavy atom. The highest BCUT2D eigenvalue weighted by atomic mass is 16.5. The number of ether oxygens (including phenoxy) is 2. The van der Waals surface area contributed by atoms with Gasteiger partial charge in [0, 0.05) is 11.8 Å². The van der Waals surface area contributed by atoms with E-state index in [0.29, 0.717) is 17.1 Å². The highest BCUT2D eigenvalue weighted by molar-refractivity contribution is 5.93. The molecule has 8 heteroatoms. The number of aromatic nitrogens is 2. The van der Waals surface area contributed by atoms with Crippen LogP contribution in [0.5, 0.6) is 11.5 Å². The van der Waals surface area contributed by atoms with Crippen molar-refractivity contribution < 1.29 is 14.6 Å². The lowest BCUT2D eigenvalue weighted by atomic mass is 10.0. The van der Waals surface area contributed by atoms with E-state index in [1.165, 1.54) is 11.8 Å². The molecule has 33 heavy (non-hydrogen) atoms. The van der Waals surface area contributed by atoms with Crippen LogP contribution in [0.15, 0.2) is 47.5 Å². The number of aliphatic hydroxyl groups excluding tert-OH is 1. The first-order valence-corrected chi connectivity index (χ1v) is 10.1. The van der Waals surface area contributed by atoms with Gasteiger partial charge in [-0.05, 0) is 36.8 Å². The highest BCUT2D eigenvalue weighted by Gasteiger charge is 2.21. The van der Waals surface area contributed by atoms with E-state index in [1.54, 1.807) is 37.6 Å². The minimum Gasteiger partial charge on any atom is -0.497 e. The molecular weight excluding hydrogens is 418 g/mol. The molecular formula is C25H23N5O3. The number of aliphatic hydroxyl groups is 1. The molecule has 0 fully saturated rings. The number of nitrogens with zero attached hydrogens (tertiary/aromatic N) is 5. The molecule has 0 spiro atoms. The van der Waals surface area contributed by atoms with Gasteiger partial charge in [-0.2, -0.15) is 15.6 Å². The van der Waals surface area contributed by atoms with Crippen molar-refractivity contribution in [3.05, 3.63) is 70.4 Å². The molecule has 1 aromatic heterocycles. The number of nitriles is 2. The van der Waals surface area contributed by atoms with E-state index < -0.39 is 0 Å². The van der Waals surface area contributed by atoms with Crippen molar-refractivity contribution in [2.24, 2.45) is 4.99 Å². The third-order valence-electron chi connectivity index (χ3n) is 4.87. The van der Waals surface area contributed by atoms with Crippen LogP contribution in [-0.4, -0.2) is 41.9 Å². The van der Waals surface area contributed by atoms with E-state index in [4.69, 9.17) is 9.47 Å². The molecule has 3 rings (SSSR count). The highest BCUT2D eigenvalue weighted by Crippen LogP contribution is 2.32. The Balaban J connectivity index is 2.13. The Bertz CT molecular complexity index is 1280. The second-order valence-electron chi connectivity index (χ2n) is 7.05. The Morgan fingerprint density at radius 1 is 1.15 bits per heavy atom. The van der Waals surface area contributed by atoms with Crippen molar-refractivity contribution in [2.45, 2.75) is 13.5 Å². The maximum atomic E-state index is 9.89. The summed E-state index contributed by atoms with van der Waals surface area (Å²) in [5.74, 6) is 1.39. The topological polar surface area (TPSA) is 116 Å². The van der Waals surface area contributed by atoms with E-state index in [0.717, 1.165) is 11.1 Å². The third kappa shape index (κ3) is 5.27. The fourth-order valence-electron chi connectivity index (χ4n) is 3.18. The molecule has 1 N–H and O–H groups in total. The van der Waals surface area contributed by atoms with Gasteiger partial charge < -0.3 is 14.6 Å². The summed E-state index contributed by atoms with van der Waals surface area (Å²) in [7, 11) is 3.07. The third-order valence-corrected chi connectivity index (χ3v) is 4.87. The normalized spacial score (nSPS) is 11.3. The van der Waals surface area contributed by atoms with Crippen LogP contribution in [0, 0.1) is 29.6 Å². The molecule has 0 atom stereocenters. The van der Waals surface area contributed by atoms with Crippen molar-refractivity contribution in [3.8, 4) is 23.6 Å². The van der Waals surface area contributed by atoms with Crippen molar-refractivity contribution in [3.63, 3.8) is 0 Å². The summed E-state index contributed by atoms with van der Waals surface area (Å²) in [6, 6.07) is 17.2. The van der Waals surface area contributed by atoms with Gasteiger partial charge in [0.1, 0.15) is 34.9 Å². The Hall–Kier alpha value is -4.40. The van der Waals surface area contributed by atoms with E-state index in [2.05, 4.69) is 22.2 Å². The number of aliphatic imine (C=N–C) groups is 1. The Kier molecular flexibility index (Phi) is 7.59. The number of benzene rings is 2. The van der Waals surface area contributed by atoms with Gasteiger partial charge in [-0.3, -0.25) is 0 Å². The van der Waals surface area contributed by atoms with Crippen LogP contribution < -0.4 is 9.47 Å². The number of methoxy groups -OCH3 is 2. The molecule has 0 aliphatic heterocycles. The van der Waals surface area contributed by atoms with Gasteiger partial charge in [-0.25, -0.2) is 9.67 Å². The fourth-order valence-corrected chi connectivity index (χ4v) is 3.18. The monoisotopic (exact) mass is 441 g/mol. The van der Waals surface area contributed by atoms with Gasteiger partial charge >= 0.3 is 0 Å². The van der Waals surface area contributed by atoms with Gasteiger partial charge in [-0.1, -0.05) is 29.8 Å². The van der Waals surface area contributed by atoms with E-state index in [9.17, 15) is 15.6 Å². The minimum absolute atomic E-state index is 0.121. The maximum absolute atomic E-state index is 9.89. The summed E-state index contributed by atoms with van der Waals surface area (Å²) in [5.41, 5.74) is 3.03. The van der Waals surface area contributed by atoms with Crippen LogP contribution in [0.3, 0.4) is 0 Å². The molecule has 0 aliphatic carbocycles. The second kappa shape index (κ2) is 10.8. The zero-order valence-corrected chi connectivity index (χ0v) is 18.6. The predicted molar refractivity (Wildman–Crippen MR) is 125 cm³/mol. The molecule has 0 radical (unpaired) electrons. The smallest absolute Gasteiger partial charge is 0.169 e. The van der Waals surface area contributed by atoms with Crippen LogP contribution in [-0.2, 0) is 6.54 Å². The largest absolute Gasteiger partial charge is 0.497 e. The lowest BCUT2D eigenvalue weighted by Crippen LogP contribution is -2.04. The molecule has 0 amide bonds. The number of hydrogen-bond donors (Lipinski definition) is 1. The van der Waals surface area contributed by atoms with Crippen molar-refractivity contribution in [2.75, 3.05) is 20.8 Å². The first-order valence-electron chi connectivity index (χ1n) is 10.1. The first kappa shape index (κ1) is 23.3. The van der Waals surface area contributed by atoms with E-state index >= 15 is 0 Å². The second-order valence-corrected chi connectivity index (χ2v) is 7.05. The number of hydrogen-bond acceptors (Lipinski definition) is 7. The zero-order chi connectivity index (χ0) is 23.8. The zero-order valence-electron chi connectivity index (χ0n) is 18.6. The SMILES string of the molecule is COc1ccc(OC)c(C=C(C#N)c2nn(CCO)c(N=Cc3ccc(C)cc3)c2C#N)c1. The quantitative estimate of drug-likeness (QED) is 0.419. The van der Waals surface area contributed by atoms with Crippen LogP contribution >= 0.6 is 0 Å². The standard InChI is InChI=1S/C25H23N5O3/c1-17-4-6-18(7-5-17)16-28-25-22(15-27)24(29-30(25)10-11-31)20(14-26)12-19-13-21(32-2)8-9-23(19)33-3/h4-9,12-13,16,31H,10-11H2,1-3H3. The molecule has 0 bridgehead atoms. The average molecular weight is 441 g/mol. The average Bonchev–Trinajstić information content (AvgIpc) is 3.19. The molecule has 1 heterocycles. The summed E-state index contributed by atoms with van der Waals surface area (Å²) in [6.07, 6.45) is 3.21. The summed E-state index contributed by atoms with van der Waals surface area (Å²) < 4.78 is 12.1. The summed E-state index contributed by atoms with van der Waals surface area (Å²) in [6.45, 7) is 1.91. The van der Waals surface area contributed by atoms with E-state index in [1.807, 2.05) is 31.2 Å². The number of allylic oxidation sites excluding steroid dienone is 1. The van der Waals surface area contributed by atoms with Gasteiger partial charge in [0.15, 0.2) is 5.82 Å². The van der Waals surface area contributed by atoms with Gasteiger partial charge in [-0.15, -0.1) is 0 Å². The Labute approximate surface area is 192 Å². The molecule has 0 unspecified atom stereocenters. The molecule has 166 valence electrons. The Morgan fingerprint density at radius 3 is 2.52 bits per heavy atom. The first-order chi connectivity index (χ1) is 16.0. The number of aryl methyl sites for hydroxylation is 1. The van der Waals surface area contributed by atoms with Gasteiger partial charge in [0.05, 0.1) is 32.9 Å². The lowest BCUT2D eigenvalue weighted by molar-refractivity contribution is 0.270. The molecule has 0 saturated carbocycles.